The van der Waals surface area contributed by atoms with E-state index < -0.39 is 62.0 Å². The van der Waals surface area contributed by atoms with Crippen LogP contribution >= 0.6 is 7.14 Å². The Bertz CT molecular complexity index is 2630. The van der Waals surface area contributed by atoms with Gasteiger partial charge in [-0.1, -0.05) is 55.7 Å². The van der Waals surface area contributed by atoms with Gasteiger partial charge in [0.25, 0.3) is 32.1 Å². The fourth-order valence-corrected chi connectivity index (χ4v) is 13.7. The Kier molecular flexibility index (Phi) is 11.6. The maximum atomic E-state index is 14.8. The molecule has 64 heavy (non-hydrogen) atoms. The molecule has 2 unspecified atom stereocenters. The van der Waals surface area contributed by atoms with Crippen molar-refractivity contribution in [1.29, 1.82) is 0 Å². The molecule has 0 radical (unpaired) electrons. The van der Waals surface area contributed by atoms with Crippen molar-refractivity contribution in [2.24, 2.45) is 5.92 Å². The van der Waals surface area contributed by atoms with Gasteiger partial charge in [-0.15, -0.1) is 0 Å². The van der Waals surface area contributed by atoms with Crippen LogP contribution in [-0.2, 0) is 37.6 Å². The van der Waals surface area contributed by atoms with Crippen LogP contribution in [0.1, 0.15) is 57.5 Å². The summed E-state index contributed by atoms with van der Waals surface area (Å²) in [5.74, 6) is 0.233. The minimum atomic E-state index is -4.71. The Morgan fingerprint density at radius 2 is 1.09 bits per heavy atom. The number of nitrogens with zero attached hydrogens (tertiary/aromatic N) is 2. The van der Waals surface area contributed by atoms with Gasteiger partial charge in [0.15, 0.2) is 33.7 Å². The summed E-state index contributed by atoms with van der Waals surface area (Å²) in [5, 5.41) is 2.69. The number of amides is 2. The summed E-state index contributed by atoms with van der Waals surface area (Å²) in [5.41, 5.74) is 3.11. The molecule has 4 atom stereocenters. The zero-order chi connectivity index (χ0) is 45.1. The van der Waals surface area contributed by atoms with Gasteiger partial charge in [-0.05, 0) is 60.6 Å². The Morgan fingerprint density at radius 1 is 0.656 bits per heavy atom. The number of para-hydroxylation sites is 2. The van der Waals surface area contributed by atoms with Gasteiger partial charge in [0.05, 0.1) is 69.2 Å². The van der Waals surface area contributed by atoms with Crippen LogP contribution < -0.4 is 39.4 Å². The topological polar surface area (TPSA) is 227 Å². The Labute approximate surface area is 371 Å². The van der Waals surface area contributed by atoms with Gasteiger partial charge in [0, 0.05) is 42.0 Å². The predicted octanol–water partition coefficient (Wildman–Crippen LogP) is 6.14. The van der Waals surface area contributed by atoms with E-state index in [2.05, 4.69) is 10.6 Å². The van der Waals surface area contributed by atoms with Crippen LogP contribution in [0.25, 0.3) is 0 Å². The first-order valence-electron chi connectivity index (χ1n) is 21.1. The molecule has 20 heteroatoms. The maximum Gasteiger partial charge on any atom is 0.288 e. The molecule has 1 fully saturated rings. The number of methoxy groups -OCH3 is 2. The number of ether oxygens (including phenoxy) is 4. The molecule has 340 valence electrons. The second kappa shape index (κ2) is 16.9. The maximum absolute atomic E-state index is 14.8. The zero-order valence-electron chi connectivity index (χ0n) is 35.1. The van der Waals surface area contributed by atoms with Crippen molar-refractivity contribution in [3.63, 3.8) is 0 Å². The third-order valence-electron chi connectivity index (χ3n) is 13.1. The molecule has 4 heterocycles. The SMILES string of the molecule is COc1cc2c(cc1OCCP(=O)(CCOc1cc3c(cc1OC)C(=O)N1c4ccccc4C[C@H]1C(S(=O)(=O)O)N3)CCC1CCC1)NC(S(=O)(=O)O)[C@@H]1Cc3ccccc3N1C2=O. The zero-order valence-corrected chi connectivity index (χ0v) is 37.7. The van der Waals surface area contributed by atoms with E-state index in [1.54, 1.807) is 36.4 Å². The average Bonchev–Trinajstić information content (AvgIpc) is 3.74. The first-order chi connectivity index (χ1) is 30.6. The lowest BCUT2D eigenvalue weighted by Crippen LogP contribution is -2.49. The van der Waals surface area contributed by atoms with E-state index in [9.17, 15) is 40.1 Å². The number of fused-ring (bicyclic) bond motifs is 8. The van der Waals surface area contributed by atoms with E-state index in [4.69, 9.17) is 18.9 Å². The highest BCUT2D eigenvalue weighted by molar-refractivity contribution is 7.86. The standard InChI is InChI=1S/C44H49N4O13PS2/c1-58-37-22-29-31(45-41(63(52,53)54)35-20-27-10-3-5-12-33(27)47(35)43(29)49)24-39(37)60-15-18-62(51,17-14-26-8-7-9-26)19-16-61-40-25-32-30(23-38(40)59-2)44(50)48-34-13-6-4-11-28(34)21-36(48)42(46-32)64(55,56)57/h3-6,10-13,22-26,35-36,41-42,45-46H,7-9,14-21H2,1-2H3,(H,52,53,54)(H,55,56,57)/t35-,36-,41?,42?,62?/m0/s1. The molecular formula is C44H49N4O13PS2. The highest BCUT2D eigenvalue weighted by Gasteiger charge is 2.49. The number of hydrogen-bond donors (Lipinski definition) is 4. The van der Waals surface area contributed by atoms with E-state index in [0.29, 0.717) is 23.5 Å². The van der Waals surface area contributed by atoms with Crippen LogP contribution in [-0.4, -0.2) is 107 Å². The van der Waals surface area contributed by atoms with Gasteiger partial charge in [0.1, 0.15) is 0 Å². The van der Waals surface area contributed by atoms with Crippen molar-refractivity contribution in [3.05, 3.63) is 95.1 Å². The van der Waals surface area contributed by atoms with E-state index in [1.807, 2.05) is 12.1 Å². The second-order valence-corrected chi connectivity index (χ2v) is 23.5. The molecule has 0 saturated heterocycles. The smallest absolute Gasteiger partial charge is 0.288 e. The summed E-state index contributed by atoms with van der Waals surface area (Å²) in [6.07, 6.45) is 5.12. The molecular weight excluding hydrogens is 888 g/mol. The van der Waals surface area contributed by atoms with Crippen LogP contribution in [0.3, 0.4) is 0 Å². The Morgan fingerprint density at radius 3 is 1.48 bits per heavy atom. The number of hydrogen-bond acceptors (Lipinski definition) is 13. The lowest BCUT2D eigenvalue weighted by atomic mass is 9.84. The first-order valence-corrected chi connectivity index (χ1v) is 26.4. The fourth-order valence-electron chi connectivity index (χ4n) is 9.57. The lowest BCUT2D eigenvalue weighted by Gasteiger charge is -2.28. The average molecular weight is 937 g/mol. The number of nitrogens with one attached hydrogen (secondary N) is 2. The van der Waals surface area contributed by atoms with Crippen molar-refractivity contribution in [1.82, 2.24) is 0 Å². The van der Waals surface area contributed by atoms with Crippen molar-refractivity contribution in [2.75, 3.05) is 66.4 Å². The molecule has 1 saturated carbocycles. The van der Waals surface area contributed by atoms with Crippen molar-refractivity contribution in [2.45, 2.75) is 61.4 Å². The fraction of sp³-hybridized carbons (Fsp3) is 0.409. The predicted molar refractivity (Wildman–Crippen MR) is 241 cm³/mol. The van der Waals surface area contributed by atoms with E-state index in [-0.39, 0.29) is 83.9 Å². The summed E-state index contributed by atoms with van der Waals surface area (Å²) in [7, 11) is -9.63. The van der Waals surface area contributed by atoms with Gasteiger partial charge < -0.3 is 43.9 Å². The molecule has 1 aliphatic carbocycles. The van der Waals surface area contributed by atoms with Gasteiger partial charge in [0.2, 0.25) is 0 Å². The minimum Gasteiger partial charge on any atom is -0.493 e. The number of anilines is 4. The summed E-state index contributed by atoms with van der Waals surface area (Å²) in [6, 6.07) is 18.2. The molecule has 2 amide bonds. The second-order valence-electron chi connectivity index (χ2n) is 16.9. The van der Waals surface area contributed by atoms with Crippen LogP contribution in [0.2, 0.25) is 0 Å². The molecule has 5 aliphatic rings. The molecule has 4 aromatic carbocycles. The highest BCUT2D eigenvalue weighted by atomic mass is 32.2. The third-order valence-corrected chi connectivity index (χ3v) is 18.4. The molecule has 17 nitrogen and oxygen atoms in total. The van der Waals surface area contributed by atoms with Crippen LogP contribution in [0.5, 0.6) is 23.0 Å². The molecule has 0 bridgehead atoms. The largest absolute Gasteiger partial charge is 0.493 e. The Hall–Kier alpha value is -5.33. The van der Waals surface area contributed by atoms with Gasteiger partial charge in [-0.3, -0.25) is 18.7 Å². The van der Waals surface area contributed by atoms with Crippen LogP contribution in [0.15, 0.2) is 72.8 Å². The summed E-state index contributed by atoms with van der Waals surface area (Å²) >= 11 is 0. The van der Waals surface area contributed by atoms with Crippen LogP contribution in [0, 0.1) is 5.92 Å². The lowest BCUT2D eigenvalue weighted by molar-refractivity contribution is 0.0974. The summed E-state index contributed by atoms with van der Waals surface area (Å²) in [6.45, 7) is -0.0538. The van der Waals surface area contributed by atoms with Crippen molar-refractivity contribution in [3.8, 4) is 23.0 Å². The van der Waals surface area contributed by atoms with Crippen LogP contribution in [0.4, 0.5) is 22.7 Å². The molecule has 4 N–H and O–H groups in total. The highest BCUT2D eigenvalue weighted by Crippen LogP contribution is 2.50. The molecule has 9 rings (SSSR count). The van der Waals surface area contributed by atoms with Gasteiger partial charge in [-0.25, -0.2) is 0 Å². The molecule has 0 aromatic heterocycles. The number of benzene rings is 4. The van der Waals surface area contributed by atoms with Gasteiger partial charge in [-0.2, -0.15) is 16.8 Å². The number of carbonyl (C=O) groups is 2. The number of rotatable bonds is 15. The summed E-state index contributed by atoms with van der Waals surface area (Å²) < 4.78 is 110. The van der Waals surface area contributed by atoms with E-state index >= 15 is 0 Å². The monoisotopic (exact) mass is 936 g/mol. The first kappa shape index (κ1) is 43.9. The van der Waals surface area contributed by atoms with E-state index in [1.165, 1.54) is 48.3 Å². The van der Waals surface area contributed by atoms with Gasteiger partial charge >= 0.3 is 0 Å². The number of carbonyl (C=O) groups excluding carboxylic acids is 2. The quantitative estimate of drug-likeness (QED) is 0.0776. The molecule has 4 aliphatic heterocycles. The summed E-state index contributed by atoms with van der Waals surface area (Å²) in [4.78, 5) is 31.0. The molecule has 0 spiro atoms. The Balaban J connectivity index is 0.936. The van der Waals surface area contributed by atoms with Crippen molar-refractivity contribution < 1.29 is 59.0 Å². The molecule has 4 aromatic rings. The minimum absolute atomic E-state index is 0.0269. The normalized spacial score (nSPS) is 22.1. The third kappa shape index (κ3) is 8.16. The van der Waals surface area contributed by atoms with Crippen molar-refractivity contribution >= 4 is 61.9 Å². The van der Waals surface area contributed by atoms with E-state index in [0.717, 1.165) is 36.8 Å².